The van der Waals surface area contributed by atoms with Crippen LogP contribution >= 0.6 is 0 Å². The van der Waals surface area contributed by atoms with Crippen LogP contribution in [0.15, 0.2) is 4.52 Å². The van der Waals surface area contributed by atoms with Gasteiger partial charge >= 0.3 is 0 Å². The predicted molar refractivity (Wildman–Crippen MR) is 80.4 cm³/mol. The molecule has 0 saturated heterocycles. The number of fused-ring (bicyclic) bond motifs is 1. The largest absolute Gasteiger partial charge is 0.383 e. The summed E-state index contributed by atoms with van der Waals surface area (Å²) in [6.45, 7) is 9.26. The van der Waals surface area contributed by atoms with Gasteiger partial charge in [-0.05, 0) is 20.8 Å². The zero-order valence-corrected chi connectivity index (χ0v) is 13.7. The molecular formula is C15H23N5O2. The molecule has 0 saturated carbocycles. The lowest BCUT2D eigenvalue weighted by atomic mass is 10.0. The molecule has 3 heterocycles. The molecule has 2 aromatic heterocycles. The molecule has 0 amide bonds. The molecule has 7 heteroatoms. The van der Waals surface area contributed by atoms with Crippen molar-refractivity contribution in [3.8, 4) is 0 Å². The van der Waals surface area contributed by atoms with Crippen molar-refractivity contribution >= 4 is 0 Å². The van der Waals surface area contributed by atoms with Crippen LogP contribution < -0.4 is 0 Å². The second-order valence-corrected chi connectivity index (χ2v) is 5.73. The number of rotatable bonds is 5. The van der Waals surface area contributed by atoms with E-state index in [1.54, 1.807) is 7.11 Å². The first-order valence-electron chi connectivity index (χ1n) is 7.72. The molecular weight excluding hydrogens is 282 g/mol. The van der Waals surface area contributed by atoms with Gasteiger partial charge < -0.3 is 9.26 Å². The second-order valence-electron chi connectivity index (χ2n) is 5.73. The summed E-state index contributed by atoms with van der Waals surface area (Å²) in [4.78, 5) is 2.38. The van der Waals surface area contributed by atoms with Gasteiger partial charge in [-0.2, -0.15) is 0 Å². The Hall–Kier alpha value is -1.73. The predicted octanol–water partition coefficient (Wildman–Crippen LogP) is 1.65. The highest BCUT2D eigenvalue weighted by Gasteiger charge is 2.32. The van der Waals surface area contributed by atoms with Crippen molar-refractivity contribution < 1.29 is 9.26 Å². The Bertz CT molecular complexity index is 629. The molecule has 0 fully saturated rings. The third-order valence-corrected chi connectivity index (χ3v) is 4.43. The van der Waals surface area contributed by atoms with E-state index in [2.05, 4.69) is 27.3 Å². The Morgan fingerprint density at radius 1 is 1.36 bits per heavy atom. The lowest BCUT2D eigenvalue weighted by Crippen LogP contribution is -2.38. The number of aryl methyl sites for hydroxylation is 3. The molecule has 3 rings (SSSR count). The van der Waals surface area contributed by atoms with Crippen LogP contribution in [0.5, 0.6) is 0 Å². The Morgan fingerprint density at radius 2 is 2.18 bits per heavy atom. The Labute approximate surface area is 130 Å². The smallest absolute Gasteiger partial charge is 0.138 e. The van der Waals surface area contributed by atoms with Gasteiger partial charge in [-0.3, -0.25) is 4.90 Å². The van der Waals surface area contributed by atoms with Gasteiger partial charge in [0, 0.05) is 38.7 Å². The van der Waals surface area contributed by atoms with Crippen LogP contribution in [0.25, 0.3) is 0 Å². The molecule has 2 aromatic rings. The Morgan fingerprint density at radius 3 is 2.82 bits per heavy atom. The van der Waals surface area contributed by atoms with Crippen LogP contribution in [0.3, 0.4) is 0 Å². The van der Waals surface area contributed by atoms with Crippen molar-refractivity contribution in [1.29, 1.82) is 0 Å². The fraction of sp³-hybridized carbons (Fsp3) is 0.667. The maximum absolute atomic E-state index is 5.43. The van der Waals surface area contributed by atoms with Crippen molar-refractivity contribution in [1.82, 2.24) is 25.1 Å². The normalized spacial score (nSPS) is 18.6. The minimum atomic E-state index is 0.128. The summed E-state index contributed by atoms with van der Waals surface area (Å²) in [5.74, 6) is 0.886. The molecule has 120 valence electrons. The summed E-state index contributed by atoms with van der Waals surface area (Å²) in [7, 11) is 1.73. The van der Waals surface area contributed by atoms with Gasteiger partial charge in [0.15, 0.2) is 0 Å². The van der Waals surface area contributed by atoms with Crippen molar-refractivity contribution in [2.75, 3.05) is 20.3 Å². The average Bonchev–Trinajstić information content (AvgIpc) is 3.07. The molecule has 22 heavy (non-hydrogen) atoms. The maximum Gasteiger partial charge on any atom is 0.138 e. The van der Waals surface area contributed by atoms with E-state index in [1.807, 2.05) is 18.5 Å². The average molecular weight is 305 g/mol. The molecule has 0 aliphatic carbocycles. The first-order valence-corrected chi connectivity index (χ1v) is 7.72. The van der Waals surface area contributed by atoms with Crippen molar-refractivity contribution in [2.45, 2.75) is 46.3 Å². The summed E-state index contributed by atoms with van der Waals surface area (Å²) in [6.07, 6.45) is 0.958. The monoisotopic (exact) mass is 305 g/mol. The molecule has 0 radical (unpaired) electrons. The standard InChI is InChI=1S/C15H23N5O2/c1-5-20-13-6-7-19(8-12-10(2)17-22-11(12)3)14(9-21-4)15(13)16-18-20/h14H,5-9H2,1-4H3. The highest BCUT2D eigenvalue weighted by Crippen LogP contribution is 2.30. The van der Waals surface area contributed by atoms with Crippen LogP contribution in [-0.4, -0.2) is 45.3 Å². The molecule has 0 aromatic carbocycles. The van der Waals surface area contributed by atoms with E-state index in [-0.39, 0.29) is 6.04 Å². The maximum atomic E-state index is 5.43. The molecule has 0 spiro atoms. The lowest BCUT2D eigenvalue weighted by Gasteiger charge is -2.34. The second kappa shape index (κ2) is 6.18. The van der Waals surface area contributed by atoms with E-state index in [9.17, 15) is 0 Å². The third-order valence-electron chi connectivity index (χ3n) is 4.43. The fourth-order valence-electron chi connectivity index (χ4n) is 3.16. The molecule has 1 aliphatic rings. The number of hydrogen-bond donors (Lipinski definition) is 0. The zero-order chi connectivity index (χ0) is 15.7. The van der Waals surface area contributed by atoms with Crippen molar-refractivity contribution in [3.05, 3.63) is 28.4 Å². The minimum absolute atomic E-state index is 0.128. The number of methoxy groups -OCH3 is 1. The fourth-order valence-corrected chi connectivity index (χ4v) is 3.16. The van der Waals surface area contributed by atoms with Crippen LogP contribution in [0.1, 0.15) is 41.4 Å². The number of ether oxygens (including phenoxy) is 1. The van der Waals surface area contributed by atoms with E-state index < -0.39 is 0 Å². The Kier molecular flexibility index (Phi) is 4.26. The van der Waals surface area contributed by atoms with E-state index >= 15 is 0 Å². The van der Waals surface area contributed by atoms with Crippen LogP contribution in [0.2, 0.25) is 0 Å². The molecule has 1 aliphatic heterocycles. The summed E-state index contributed by atoms with van der Waals surface area (Å²) < 4.78 is 12.7. The minimum Gasteiger partial charge on any atom is -0.383 e. The van der Waals surface area contributed by atoms with Crippen LogP contribution in [0, 0.1) is 13.8 Å². The van der Waals surface area contributed by atoms with Crippen molar-refractivity contribution in [2.24, 2.45) is 0 Å². The van der Waals surface area contributed by atoms with Gasteiger partial charge in [-0.1, -0.05) is 10.4 Å². The van der Waals surface area contributed by atoms with Gasteiger partial charge in [-0.25, -0.2) is 4.68 Å². The molecule has 1 atom stereocenters. The number of nitrogens with zero attached hydrogens (tertiary/aromatic N) is 5. The quantitative estimate of drug-likeness (QED) is 0.836. The Balaban J connectivity index is 1.88. The highest BCUT2D eigenvalue weighted by atomic mass is 16.5. The van der Waals surface area contributed by atoms with Crippen LogP contribution in [0.4, 0.5) is 0 Å². The zero-order valence-electron chi connectivity index (χ0n) is 13.7. The summed E-state index contributed by atoms with van der Waals surface area (Å²) in [5, 5.41) is 12.7. The third kappa shape index (κ3) is 2.55. The first-order chi connectivity index (χ1) is 10.7. The molecule has 0 bridgehead atoms. The SMILES string of the molecule is CCn1nnc2c1CCN(Cc1c(C)noc1C)C2COC. The van der Waals surface area contributed by atoms with Gasteiger partial charge in [0.25, 0.3) is 0 Å². The molecule has 1 unspecified atom stereocenters. The van der Waals surface area contributed by atoms with Gasteiger partial charge in [0.1, 0.15) is 11.5 Å². The van der Waals surface area contributed by atoms with Gasteiger partial charge in [-0.15, -0.1) is 5.10 Å². The topological polar surface area (TPSA) is 69.2 Å². The van der Waals surface area contributed by atoms with Gasteiger partial charge in [0.05, 0.1) is 24.0 Å². The van der Waals surface area contributed by atoms with Crippen LogP contribution in [-0.2, 0) is 24.2 Å². The summed E-state index contributed by atoms with van der Waals surface area (Å²) in [6, 6.07) is 0.128. The summed E-state index contributed by atoms with van der Waals surface area (Å²) in [5.41, 5.74) is 4.39. The number of aromatic nitrogens is 4. The van der Waals surface area contributed by atoms with E-state index in [0.29, 0.717) is 6.61 Å². The molecule has 0 N–H and O–H groups in total. The van der Waals surface area contributed by atoms with E-state index in [4.69, 9.17) is 9.26 Å². The highest BCUT2D eigenvalue weighted by molar-refractivity contribution is 5.24. The molecule has 7 nitrogen and oxygen atoms in total. The first kappa shape index (κ1) is 15.2. The van der Waals surface area contributed by atoms with Crippen molar-refractivity contribution in [3.63, 3.8) is 0 Å². The number of hydrogen-bond acceptors (Lipinski definition) is 6. The lowest BCUT2D eigenvalue weighted by molar-refractivity contribution is 0.0746. The van der Waals surface area contributed by atoms with Gasteiger partial charge in [0.2, 0.25) is 0 Å². The van der Waals surface area contributed by atoms with E-state index in [0.717, 1.165) is 48.8 Å². The van der Waals surface area contributed by atoms with E-state index in [1.165, 1.54) is 5.69 Å². The summed E-state index contributed by atoms with van der Waals surface area (Å²) >= 11 is 0.